The lowest BCUT2D eigenvalue weighted by atomic mass is 10.1. The van der Waals surface area contributed by atoms with Crippen LogP contribution in [0.1, 0.15) is 26.2 Å². The van der Waals surface area contributed by atoms with Crippen molar-refractivity contribution < 1.29 is 14.3 Å². The van der Waals surface area contributed by atoms with E-state index >= 15 is 0 Å². The van der Waals surface area contributed by atoms with E-state index in [1.807, 2.05) is 0 Å². The van der Waals surface area contributed by atoms with Gasteiger partial charge in [-0.3, -0.25) is 4.79 Å². The fourth-order valence-electron chi connectivity index (χ4n) is 1.46. The molecule has 0 bridgehead atoms. The number of esters is 1. The Morgan fingerprint density at radius 1 is 1.77 bits per heavy atom. The zero-order valence-electron chi connectivity index (χ0n) is 7.99. The van der Waals surface area contributed by atoms with E-state index in [1.54, 1.807) is 6.92 Å². The van der Waals surface area contributed by atoms with Gasteiger partial charge in [-0.15, -0.1) is 0 Å². The monoisotopic (exact) mass is 187 g/mol. The van der Waals surface area contributed by atoms with Crippen LogP contribution < -0.4 is 5.73 Å². The highest BCUT2D eigenvalue weighted by Crippen LogP contribution is 2.16. The fraction of sp³-hybridized carbons (Fsp3) is 0.889. The molecule has 0 aromatic rings. The summed E-state index contributed by atoms with van der Waals surface area (Å²) in [6.45, 7) is 2.95. The highest BCUT2D eigenvalue weighted by atomic mass is 16.5. The molecule has 13 heavy (non-hydrogen) atoms. The summed E-state index contributed by atoms with van der Waals surface area (Å²) in [4.78, 5) is 11.1. The number of rotatable bonds is 4. The van der Waals surface area contributed by atoms with E-state index in [9.17, 15) is 4.79 Å². The van der Waals surface area contributed by atoms with Gasteiger partial charge in [-0.25, -0.2) is 0 Å². The first-order valence-corrected chi connectivity index (χ1v) is 4.78. The minimum atomic E-state index is -0.525. The molecule has 0 radical (unpaired) electrons. The summed E-state index contributed by atoms with van der Waals surface area (Å²) in [6, 6.07) is -0.525. The number of ether oxygens (including phenoxy) is 2. The Morgan fingerprint density at radius 3 is 3.08 bits per heavy atom. The van der Waals surface area contributed by atoms with Gasteiger partial charge in [-0.05, 0) is 26.2 Å². The normalized spacial score (nSPS) is 24.3. The number of nitrogens with two attached hydrogens (primary N) is 1. The standard InChI is InChI=1S/C9H17NO3/c1-2-12-9(11)8(10)6-7-4-3-5-13-7/h7-8H,2-6,10H2,1H3/t7-,8+/m0/s1. The third-order valence-corrected chi connectivity index (χ3v) is 2.13. The third-order valence-electron chi connectivity index (χ3n) is 2.13. The molecular weight excluding hydrogens is 170 g/mol. The Hall–Kier alpha value is -0.610. The first-order valence-electron chi connectivity index (χ1n) is 4.78. The third kappa shape index (κ3) is 3.32. The number of carbonyl (C=O) groups excluding carboxylic acids is 1. The minimum Gasteiger partial charge on any atom is -0.465 e. The van der Waals surface area contributed by atoms with Gasteiger partial charge in [0.25, 0.3) is 0 Å². The molecule has 0 saturated carbocycles. The van der Waals surface area contributed by atoms with E-state index in [0.717, 1.165) is 19.4 Å². The molecule has 1 aliphatic heterocycles. The topological polar surface area (TPSA) is 61.5 Å². The molecule has 2 N–H and O–H groups in total. The first kappa shape index (κ1) is 10.5. The van der Waals surface area contributed by atoms with Crippen LogP contribution in [0.4, 0.5) is 0 Å². The Kier molecular flexibility index (Phi) is 4.18. The van der Waals surface area contributed by atoms with Crippen LogP contribution in [0.15, 0.2) is 0 Å². The lowest BCUT2D eigenvalue weighted by molar-refractivity contribution is -0.145. The molecule has 1 heterocycles. The van der Waals surface area contributed by atoms with Crippen LogP contribution in [0.5, 0.6) is 0 Å². The largest absolute Gasteiger partial charge is 0.465 e. The summed E-state index contributed by atoms with van der Waals surface area (Å²) >= 11 is 0. The second-order valence-corrected chi connectivity index (χ2v) is 3.23. The van der Waals surface area contributed by atoms with Crippen LogP contribution in [0.25, 0.3) is 0 Å². The van der Waals surface area contributed by atoms with E-state index in [1.165, 1.54) is 0 Å². The molecule has 1 fully saturated rings. The predicted octanol–water partition coefficient (Wildman–Crippen LogP) is 0.446. The lowest BCUT2D eigenvalue weighted by Gasteiger charge is -2.14. The molecule has 1 aliphatic rings. The van der Waals surface area contributed by atoms with Gasteiger partial charge in [0.2, 0.25) is 0 Å². The smallest absolute Gasteiger partial charge is 0.322 e. The zero-order valence-corrected chi connectivity index (χ0v) is 7.99. The van der Waals surface area contributed by atoms with Crippen molar-refractivity contribution >= 4 is 5.97 Å². The van der Waals surface area contributed by atoms with Gasteiger partial charge < -0.3 is 15.2 Å². The predicted molar refractivity (Wildman–Crippen MR) is 48.2 cm³/mol. The van der Waals surface area contributed by atoms with E-state index in [-0.39, 0.29) is 12.1 Å². The number of carbonyl (C=O) groups is 1. The highest BCUT2D eigenvalue weighted by molar-refractivity contribution is 5.75. The number of hydrogen-bond acceptors (Lipinski definition) is 4. The summed E-state index contributed by atoms with van der Waals surface area (Å²) in [7, 11) is 0. The molecule has 1 rings (SSSR count). The summed E-state index contributed by atoms with van der Waals surface area (Å²) in [5.74, 6) is -0.321. The summed E-state index contributed by atoms with van der Waals surface area (Å²) in [5.41, 5.74) is 5.63. The maximum atomic E-state index is 11.1. The van der Waals surface area contributed by atoms with Gasteiger partial charge in [-0.2, -0.15) is 0 Å². The first-order chi connectivity index (χ1) is 6.24. The van der Waals surface area contributed by atoms with Gasteiger partial charge in [-0.1, -0.05) is 0 Å². The molecule has 0 aromatic carbocycles. The molecule has 0 spiro atoms. The molecule has 1 saturated heterocycles. The van der Waals surface area contributed by atoms with Crippen molar-refractivity contribution in [3.63, 3.8) is 0 Å². The van der Waals surface area contributed by atoms with Gasteiger partial charge in [0.15, 0.2) is 0 Å². The Labute approximate surface area is 78.4 Å². The van der Waals surface area contributed by atoms with E-state index in [0.29, 0.717) is 13.0 Å². The number of hydrogen-bond donors (Lipinski definition) is 1. The molecular formula is C9H17NO3. The van der Waals surface area contributed by atoms with Crippen molar-refractivity contribution in [2.24, 2.45) is 5.73 Å². The highest BCUT2D eigenvalue weighted by Gasteiger charge is 2.23. The van der Waals surface area contributed by atoms with Crippen molar-refractivity contribution in [2.45, 2.75) is 38.3 Å². The van der Waals surface area contributed by atoms with Crippen LogP contribution in [0.3, 0.4) is 0 Å². The van der Waals surface area contributed by atoms with Crippen LogP contribution in [-0.2, 0) is 14.3 Å². The lowest BCUT2D eigenvalue weighted by Crippen LogP contribution is -2.35. The zero-order chi connectivity index (χ0) is 9.68. The molecule has 4 heteroatoms. The van der Waals surface area contributed by atoms with Gasteiger partial charge in [0, 0.05) is 6.61 Å². The van der Waals surface area contributed by atoms with Crippen LogP contribution in [0, 0.1) is 0 Å². The van der Waals surface area contributed by atoms with Crippen LogP contribution in [0.2, 0.25) is 0 Å². The summed E-state index contributed by atoms with van der Waals surface area (Å²) < 4.78 is 10.2. The van der Waals surface area contributed by atoms with Crippen molar-refractivity contribution in [1.29, 1.82) is 0 Å². The second-order valence-electron chi connectivity index (χ2n) is 3.23. The van der Waals surface area contributed by atoms with Crippen molar-refractivity contribution in [2.75, 3.05) is 13.2 Å². The average molecular weight is 187 g/mol. The molecule has 2 atom stereocenters. The fourth-order valence-corrected chi connectivity index (χ4v) is 1.46. The van der Waals surface area contributed by atoms with E-state index < -0.39 is 6.04 Å². The minimum absolute atomic E-state index is 0.152. The molecule has 0 unspecified atom stereocenters. The Morgan fingerprint density at radius 2 is 2.54 bits per heavy atom. The second kappa shape index (κ2) is 5.19. The van der Waals surface area contributed by atoms with Crippen molar-refractivity contribution in [1.82, 2.24) is 0 Å². The SMILES string of the molecule is CCOC(=O)[C@H](N)C[C@@H]1CCCO1. The van der Waals surface area contributed by atoms with E-state index in [2.05, 4.69) is 0 Å². The molecule has 0 amide bonds. The quantitative estimate of drug-likeness (QED) is 0.649. The average Bonchev–Trinajstić information content (AvgIpc) is 2.57. The Balaban J connectivity index is 2.22. The van der Waals surface area contributed by atoms with Crippen molar-refractivity contribution in [3.05, 3.63) is 0 Å². The Bertz CT molecular complexity index is 166. The molecule has 0 aliphatic carbocycles. The van der Waals surface area contributed by atoms with E-state index in [4.69, 9.17) is 15.2 Å². The summed E-state index contributed by atoms with van der Waals surface area (Å²) in [5, 5.41) is 0. The maximum absolute atomic E-state index is 11.1. The van der Waals surface area contributed by atoms with Crippen molar-refractivity contribution in [3.8, 4) is 0 Å². The molecule has 76 valence electrons. The van der Waals surface area contributed by atoms with Gasteiger partial charge in [0.05, 0.1) is 12.7 Å². The molecule has 0 aromatic heterocycles. The van der Waals surface area contributed by atoms with Crippen LogP contribution >= 0.6 is 0 Å². The molecule has 4 nitrogen and oxygen atoms in total. The maximum Gasteiger partial charge on any atom is 0.322 e. The van der Waals surface area contributed by atoms with Crippen LogP contribution in [-0.4, -0.2) is 31.3 Å². The van der Waals surface area contributed by atoms with Gasteiger partial charge >= 0.3 is 5.97 Å². The summed E-state index contributed by atoms with van der Waals surface area (Å²) in [6.07, 6.45) is 2.81. The van der Waals surface area contributed by atoms with Gasteiger partial charge in [0.1, 0.15) is 6.04 Å².